The SMILES string of the molecule is Cc1cscc1C(=O)N[C@H]1CC(=O)N(C(C)C)C1=O. The Hall–Kier alpha value is -1.69. The average Bonchev–Trinajstić information content (AvgIpc) is 2.84. The summed E-state index contributed by atoms with van der Waals surface area (Å²) in [6.07, 6.45) is 0.0476. The van der Waals surface area contributed by atoms with Crippen LogP contribution < -0.4 is 5.32 Å². The van der Waals surface area contributed by atoms with Gasteiger partial charge in [0.1, 0.15) is 6.04 Å². The Bertz CT molecular complexity index is 536. The summed E-state index contributed by atoms with van der Waals surface area (Å²) in [6.45, 7) is 5.40. The van der Waals surface area contributed by atoms with Gasteiger partial charge >= 0.3 is 0 Å². The molecule has 19 heavy (non-hydrogen) atoms. The first-order valence-corrected chi connectivity index (χ1v) is 7.05. The fraction of sp³-hybridized carbons (Fsp3) is 0.462. The number of carbonyl (C=O) groups is 3. The molecule has 1 aromatic rings. The normalized spacial score (nSPS) is 19.4. The second kappa shape index (κ2) is 5.13. The van der Waals surface area contributed by atoms with Crippen molar-refractivity contribution in [3.05, 3.63) is 21.9 Å². The molecule has 1 aliphatic heterocycles. The highest BCUT2D eigenvalue weighted by Crippen LogP contribution is 2.18. The predicted octanol–water partition coefficient (Wildman–Crippen LogP) is 1.32. The Labute approximate surface area is 115 Å². The first-order valence-electron chi connectivity index (χ1n) is 6.11. The molecule has 0 aromatic carbocycles. The van der Waals surface area contributed by atoms with Crippen LogP contribution in [0.15, 0.2) is 10.8 Å². The van der Waals surface area contributed by atoms with Crippen LogP contribution in [0.5, 0.6) is 0 Å². The zero-order chi connectivity index (χ0) is 14.2. The van der Waals surface area contributed by atoms with E-state index >= 15 is 0 Å². The van der Waals surface area contributed by atoms with E-state index in [2.05, 4.69) is 5.32 Å². The molecular weight excluding hydrogens is 264 g/mol. The summed E-state index contributed by atoms with van der Waals surface area (Å²) in [4.78, 5) is 37.0. The van der Waals surface area contributed by atoms with Gasteiger partial charge in [0.05, 0.1) is 12.0 Å². The maximum Gasteiger partial charge on any atom is 0.253 e. The minimum Gasteiger partial charge on any atom is -0.340 e. The molecule has 0 saturated carbocycles. The first-order chi connectivity index (χ1) is 8.91. The van der Waals surface area contributed by atoms with Crippen molar-refractivity contribution in [3.8, 4) is 0 Å². The van der Waals surface area contributed by atoms with Crippen LogP contribution >= 0.6 is 11.3 Å². The number of nitrogens with one attached hydrogen (secondary N) is 1. The molecule has 0 aliphatic carbocycles. The lowest BCUT2D eigenvalue weighted by Gasteiger charge is -2.19. The Morgan fingerprint density at radius 2 is 2.11 bits per heavy atom. The topological polar surface area (TPSA) is 66.5 Å². The van der Waals surface area contributed by atoms with Crippen LogP contribution in [-0.4, -0.2) is 34.7 Å². The average molecular weight is 280 g/mol. The molecule has 3 amide bonds. The maximum absolute atomic E-state index is 12.0. The molecule has 1 fully saturated rings. The molecule has 1 aliphatic rings. The van der Waals surface area contributed by atoms with Crippen LogP contribution in [0, 0.1) is 6.92 Å². The minimum atomic E-state index is -0.735. The van der Waals surface area contributed by atoms with Gasteiger partial charge in [-0.25, -0.2) is 0 Å². The summed E-state index contributed by atoms with van der Waals surface area (Å²) < 4.78 is 0. The van der Waals surface area contributed by atoms with Gasteiger partial charge in [0.15, 0.2) is 0 Å². The monoisotopic (exact) mass is 280 g/mol. The third kappa shape index (κ3) is 2.53. The quantitative estimate of drug-likeness (QED) is 0.849. The molecule has 1 N–H and O–H groups in total. The molecule has 0 radical (unpaired) electrons. The lowest BCUT2D eigenvalue weighted by atomic mass is 10.2. The Kier molecular flexibility index (Phi) is 3.71. The van der Waals surface area contributed by atoms with E-state index in [4.69, 9.17) is 0 Å². The van der Waals surface area contributed by atoms with Crippen molar-refractivity contribution >= 4 is 29.1 Å². The van der Waals surface area contributed by atoms with Crippen molar-refractivity contribution in [1.29, 1.82) is 0 Å². The number of nitrogens with zero attached hydrogens (tertiary/aromatic N) is 1. The van der Waals surface area contributed by atoms with Crippen molar-refractivity contribution in [2.45, 2.75) is 39.3 Å². The van der Waals surface area contributed by atoms with E-state index in [1.54, 1.807) is 19.2 Å². The zero-order valence-corrected chi connectivity index (χ0v) is 11.9. The van der Waals surface area contributed by atoms with Crippen LogP contribution in [-0.2, 0) is 9.59 Å². The minimum absolute atomic E-state index is 0.0476. The summed E-state index contributed by atoms with van der Waals surface area (Å²) >= 11 is 1.44. The third-order valence-corrected chi connectivity index (χ3v) is 3.97. The van der Waals surface area contributed by atoms with Crippen molar-refractivity contribution in [3.63, 3.8) is 0 Å². The summed E-state index contributed by atoms with van der Waals surface area (Å²) in [7, 11) is 0. The van der Waals surface area contributed by atoms with E-state index in [0.29, 0.717) is 5.56 Å². The van der Waals surface area contributed by atoms with Crippen LogP contribution in [0.3, 0.4) is 0 Å². The number of imide groups is 1. The largest absolute Gasteiger partial charge is 0.340 e. The second-order valence-corrected chi connectivity index (χ2v) is 5.64. The van der Waals surface area contributed by atoms with E-state index in [0.717, 1.165) is 5.56 Å². The number of carbonyl (C=O) groups excluding carboxylic acids is 3. The molecule has 2 rings (SSSR count). The van der Waals surface area contributed by atoms with E-state index in [-0.39, 0.29) is 30.2 Å². The number of hydrogen-bond acceptors (Lipinski definition) is 4. The molecule has 1 atom stereocenters. The summed E-state index contributed by atoms with van der Waals surface area (Å²) in [5.41, 5.74) is 1.44. The van der Waals surface area contributed by atoms with Gasteiger partial charge in [0, 0.05) is 11.4 Å². The predicted molar refractivity (Wildman–Crippen MR) is 71.9 cm³/mol. The van der Waals surface area contributed by atoms with Gasteiger partial charge < -0.3 is 5.32 Å². The van der Waals surface area contributed by atoms with E-state index in [9.17, 15) is 14.4 Å². The highest BCUT2D eigenvalue weighted by Gasteiger charge is 2.40. The molecule has 5 nitrogen and oxygen atoms in total. The molecule has 2 heterocycles. The number of likely N-dealkylation sites (tertiary alicyclic amines) is 1. The molecule has 102 valence electrons. The molecule has 0 unspecified atom stereocenters. The van der Waals surface area contributed by atoms with Gasteiger partial charge in [-0.2, -0.15) is 11.3 Å². The van der Waals surface area contributed by atoms with E-state index in [1.165, 1.54) is 16.2 Å². The number of thiophene rings is 1. The second-order valence-electron chi connectivity index (χ2n) is 4.89. The smallest absolute Gasteiger partial charge is 0.253 e. The van der Waals surface area contributed by atoms with Crippen LogP contribution in [0.1, 0.15) is 36.2 Å². The van der Waals surface area contributed by atoms with Gasteiger partial charge in [0.25, 0.3) is 11.8 Å². The van der Waals surface area contributed by atoms with Crippen molar-refractivity contribution < 1.29 is 14.4 Å². The van der Waals surface area contributed by atoms with Crippen molar-refractivity contribution in [2.24, 2.45) is 0 Å². The van der Waals surface area contributed by atoms with E-state index < -0.39 is 6.04 Å². The highest BCUT2D eigenvalue weighted by molar-refractivity contribution is 7.08. The standard InChI is InChI=1S/C13H16N2O3S/c1-7(2)15-11(16)4-10(13(15)18)14-12(17)9-6-19-5-8(9)3/h5-7,10H,4H2,1-3H3,(H,14,17)/t10-/m0/s1. The number of amides is 3. The summed E-state index contributed by atoms with van der Waals surface area (Å²) in [6, 6.07) is -0.911. The zero-order valence-electron chi connectivity index (χ0n) is 11.1. The number of hydrogen-bond donors (Lipinski definition) is 1. The van der Waals surface area contributed by atoms with Gasteiger partial charge in [0.2, 0.25) is 5.91 Å². The molecule has 1 saturated heterocycles. The highest BCUT2D eigenvalue weighted by atomic mass is 32.1. The van der Waals surface area contributed by atoms with Gasteiger partial charge in [-0.3, -0.25) is 19.3 Å². The number of aryl methyl sites for hydroxylation is 1. The van der Waals surface area contributed by atoms with E-state index in [1.807, 2.05) is 12.3 Å². The van der Waals surface area contributed by atoms with Crippen LogP contribution in [0.25, 0.3) is 0 Å². The van der Waals surface area contributed by atoms with Crippen molar-refractivity contribution in [2.75, 3.05) is 0 Å². The first kappa shape index (κ1) is 13.7. The van der Waals surface area contributed by atoms with Gasteiger partial charge in [-0.15, -0.1) is 0 Å². The lowest BCUT2D eigenvalue weighted by molar-refractivity contribution is -0.140. The fourth-order valence-electron chi connectivity index (χ4n) is 2.14. The lowest BCUT2D eigenvalue weighted by Crippen LogP contribution is -2.43. The molecule has 6 heteroatoms. The summed E-state index contributed by atoms with van der Waals surface area (Å²) in [5, 5.41) is 6.26. The molecule has 0 spiro atoms. The molecule has 1 aromatic heterocycles. The Balaban J connectivity index is 2.09. The third-order valence-electron chi connectivity index (χ3n) is 3.10. The Morgan fingerprint density at radius 1 is 1.42 bits per heavy atom. The Morgan fingerprint density at radius 3 is 2.58 bits per heavy atom. The summed E-state index contributed by atoms with van der Waals surface area (Å²) in [5.74, 6) is -0.843. The molecular formula is C13H16N2O3S. The fourth-order valence-corrected chi connectivity index (χ4v) is 2.96. The van der Waals surface area contributed by atoms with Crippen LogP contribution in [0.4, 0.5) is 0 Å². The van der Waals surface area contributed by atoms with Gasteiger partial charge in [-0.1, -0.05) is 0 Å². The maximum atomic E-state index is 12.0. The molecule has 0 bridgehead atoms. The van der Waals surface area contributed by atoms with Crippen molar-refractivity contribution in [1.82, 2.24) is 10.2 Å². The van der Waals surface area contributed by atoms with Crippen LogP contribution in [0.2, 0.25) is 0 Å². The number of rotatable bonds is 3. The van der Waals surface area contributed by atoms with Gasteiger partial charge in [-0.05, 0) is 31.7 Å².